The lowest BCUT2D eigenvalue weighted by atomic mass is 9.80. The summed E-state index contributed by atoms with van der Waals surface area (Å²) < 4.78 is 0. The molecular formula is C14H19N3O3. The van der Waals surface area contributed by atoms with Crippen LogP contribution in [-0.2, 0) is 4.79 Å². The molecule has 0 bridgehead atoms. The maximum absolute atomic E-state index is 12.4. The predicted molar refractivity (Wildman–Crippen MR) is 76.7 cm³/mol. The third-order valence-corrected chi connectivity index (χ3v) is 3.94. The molecule has 0 saturated carbocycles. The average molecular weight is 277 g/mol. The van der Waals surface area contributed by atoms with E-state index in [1.165, 1.54) is 12.1 Å². The van der Waals surface area contributed by atoms with E-state index in [1.54, 1.807) is 6.07 Å². The van der Waals surface area contributed by atoms with Crippen molar-refractivity contribution in [3.63, 3.8) is 0 Å². The Morgan fingerprint density at radius 2 is 2.05 bits per heavy atom. The number of nitro benzene ring substituents is 1. The van der Waals surface area contributed by atoms with Crippen molar-refractivity contribution in [2.24, 2.45) is 5.41 Å². The average Bonchev–Trinajstić information content (AvgIpc) is 2.41. The van der Waals surface area contributed by atoms with E-state index in [1.807, 2.05) is 13.8 Å². The Morgan fingerprint density at radius 3 is 2.65 bits per heavy atom. The Bertz CT molecular complexity index is 536. The number of aryl methyl sites for hydroxylation is 1. The number of carbonyl (C=O) groups excluding carboxylic acids is 1. The fourth-order valence-electron chi connectivity index (χ4n) is 2.34. The fourth-order valence-corrected chi connectivity index (χ4v) is 2.34. The number of hydrogen-bond acceptors (Lipinski definition) is 4. The number of amides is 1. The van der Waals surface area contributed by atoms with Crippen LogP contribution in [0.3, 0.4) is 0 Å². The molecule has 0 unspecified atom stereocenters. The Kier molecular flexibility index (Phi) is 4.04. The van der Waals surface area contributed by atoms with Crippen molar-refractivity contribution in [2.45, 2.75) is 26.7 Å². The summed E-state index contributed by atoms with van der Waals surface area (Å²) in [5.74, 6) is -0.0670. The molecule has 1 fully saturated rings. The van der Waals surface area contributed by atoms with E-state index >= 15 is 0 Å². The van der Waals surface area contributed by atoms with E-state index in [4.69, 9.17) is 0 Å². The van der Waals surface area contributed by atoms with Gasteiger partial charge in [0.15, 0.2) is 0 Å². The predicted octanol–water partition coefficient (Wildman–Crippen LogP) is 2.23. The van der Waals surface area contributed by atoms with Crippen LogP contribution in [0.1, 0.15) is 25.3 Å². The largest absolute Gasteiger partial charge is 0.325 e. The van der Waals surface area contributed by atoms with Crippen LogP contribution < -0.4 is 10.6 Å². The highest BCUT2D eigenvalue weighted by atomic mass is 16.6. The van der Waals surface area contributed by atoms with Gasteiger partial charge in [-0.1, -0.05) is 13.0 Å². The van der Waals surface area contributed by atoms with Gasteiger partial charge in [0.05, 0.1) is 10.6 Å². The quantitative estimate of drug-likeness (QED) is 0.655. The molecule has 1 aromatic carbocycles. The van der Waals surface area contributed by atoms with Gasteiger partial charge in [0.25, 0.3) is 5.69 Å². The van der Waals surface area contributed by atoms with Gasteiger partial charge in [0.2, 0.25) is 5.91 Å². The molecule has 6 nitrogen and oxygen atoms in total. The van der Waals surface area contributed by atoms with Crippen LogP contribution in [-0.4, -0.2) is 23.9 Å². The summed E-state index contributed by atoms with van der Waals surface area (Å²) >= 11 is 0. The lowest BCUT2D eigenvalue weighted by Crippen LogP contribution is -2.42. The van der Waals surface area contributed by atoms with Gasteiger partial charge in [-0.2, -0.15) is 0 Å². The van der Waals surface area contributed by atoms with Crippen LogP contribution in [0.25, 0.3) is 0 Å². The van der Waals surface area contributed by atoms with Crippen molar-refractivity contribution in [3.8, 4) is 0 Å². The maximum Gasteiger partial charge on any atom is 0.271 e. The number of benzene rings is 1. The Balaban J connectivity index is 2.18. The highest BCUT2D eigenvalue weighted by Crippen LogP contribution is 2.31. The normalized spacial score (nSPS) is 17.5. The molecule has 1 heterocycles. The molecule has 0 spiro atoms. The summed E-state index contributed by atoms with van der Waals surface area (Å²) in [5, 5.41) is 16.9. The molecule has 0 atom stereocenters. The summed E-state index contributed by atoms with van der Waals surface area (Å²) in [6, 6.07) is 4.51. The van der Waals surface area contributed by atoms with Gasteiger partial charge >= 0.3 is 0 Å². The molecule has 2 rings (SSSR count). The Labute approximate surface area is 117 Å². The van der Waals surface area contributed by atoms with Gasteiger partial charge in [-0.25, -0.2) is 0 Å². The van der Waals surface area contributed by atoms with Crippen LogP contribution in [0.5, 0.6) is 0 Å². The second-order valence-corrected chi connectivity index (χ2v) is 5.52. The van der Waals surface area contributed by atoms with Crippen molar-refractivity contribution < 1.29 is 9.72 Å². The first-order chi connectivity index (χ1) is 9.42. The number of anilines is 1. The van der Waals surface area contributed by atoms with Crippen molar-refractivity contribution in [1.82, 2.24) is 5.32 Å². The highest BCUT2D eigenvalue weighted by Gasteiger charge is 2.34. The molecule has 0 aromatic heterocycles. The molecule has 6 heteroatoms. The monoisotopic (exact) mass is 277 g/mol. The summed E-state index contributed by atoms with van der Waals surface area (Å²) in [4.78, 5) is 22.8. The zero-order chi connectivity index (χ0) is 14.8. The van der Waals surface area contributed by atoms with Crippen molar-refractivity contribution in [2.75, 3.05) is 18.4 Å². The molecule has 1 aromatic rings. The van der Waals surface area contributed by atoms with E-state index in [0.29, 0.717) is 5.69 Å². The minimum atomic E-state index is -0.457. The smallest absolute Gasteiger partial charge is 0.271 e. The van der Waals surface area contributed by atoms with E-state index < -0.39 is 10.3 Å². The number of hydrogen-bond donors (Lipinski definition) is 2. The van der Waals surface area contributed by atoms with Gasteiger partial charge in [-0.3, -0.25) is 14.9 Å². The highest BCUT2D eigenvalue weighted by molar-refractivity contribution is 5.96. The minimum Gasteiger partial charge on any atom is -0.325 e. The molecule has 0 aliphatic carbocycles. The molecule has 0 radical (unpaired) electrons. The molecule has 20 heavy (non-hydrogen) atoms. The van der Waals surface area contributed by atoms with Gasteiger partial charge in [0.1, 0.15) is 0 Å². The number of rotatable bonds is 3. The van der Waals surface area contributed by atoms with Gasteiger partial charge in [-0.05, 0) is 38.4 Å². The first kappa shape index (κ1) is 14.5. The summed E-state index contributed by atoms with van der Waals surface area (Å²) in [6.45, 7) is 5.40. The minimum absolute atomic E-state index is 0.0126. The van der Waals surface area contributed by atoms with Crippen LogP contribution in [0.2, 0.25) is 0 Å². The van der Waals surface area contributed by atoms with Crippen molar-refractivity contribution in [1.29, 1.82) is 0 Å². The van der Waals surface area contributed by atoms with Gasteiger partial charge in [0, 0.05) is 17.5 Å². The standard InChI is InChI=1S/C14H19N3O3/c1-10-3-4-11(17(19)20)9-12(10)16-13(18)14(2)5-7-15-8-6-14/h3-4,9,15H,5-8H2,1-2H3,(H,16,18). The first-order valence-corrected chi connectivity index (χ1v) is 6.70. The molecule has 1 amide bonds. The third kappa shape index (κ3) is 2.96. The van der Waals surface area contributed by atoms with Gasteiger partial charge < -0.3 is 10.6 Å². The number of piperidine rings is 1. The van der Waals surface area contributed by atoms with E-state index in [9.17, 15) is 14.9 Å². The summed E-state index contributed by atoms with van der Waals surface area (Å²) in [6.07, 6.45) is 1.54. The number of non-ortho nitro benzene ring substituents is 1. The molecule has 2 N–H and O–H groups in total. The summed E-state index contributed by atoms with van der Waals surface area (Å²) in [5.41, 5.74) is 0.911. The summed E-state index contributed by atoms with van der Waals surface area (Å²) in [7, 11) is 0. The van der Waals surface area contributed by atoms with Crippen molar-refractivity contribution in [3.05, 3.63) is 33.9 Å². The fraction of sp³-hybridized carbons (Fsp3) is 0.500. The second kappa shape index (κ2) is 5.58. The first-order valence-electron chi connectivity index (χ1n) is 6.70. The molecule has 1 saturated heterocycles. The number of nitrogens with zero attached hydrogens (tertiary/aromatic N) is 1. The van der Waals surface area contributed by atoms with E-state index in [2.05, 4.69) is 10.6 Å². The zero-order valence-corrected chi connectivity index (χ0v) is 11.7. The van der Waals surface area contributed by atoms with E-state index in [-0.39, 0.29) is 11.6 Å². The zero-order valence-electron chi connectivity index (χ0n) is 11.7. The number of nitro groups is 1. The SMILES string of the molecule is Cc1ccc([N+](=O)[O-])cc1NC(=O)C1(C)CCNCC1. The number of nitrogens with one attached hydrogen (secondary N) is 2. The van der Waals surface area contributed by atoms with Gasteiger partial charge in [-0.15, -0.1) is 0 Å². The lowest BCUT2D eigenvalue weighted by Gasteiger charge is -2.32. The maximum atomic E-state index is 12.4. The molecule has 1 aliphatic rings. The van der Waals surface area contributed by atoms with Crippen LogP contribution >= 0.6 is 0 Å². The molecule has 1 aliphatic heterocycles. The third-order valence-electron chi connectivity index (χ3n) is 3.94. The van der Waals surface area contributed by atoms with E-state index in [0.717, 1.165) is 31.5 Å². The molecule has 108 valence electrons. The molecular weight excluding hydrogens is 258 g/mol. The number of carbonyl (C=O) groups is 1. The van der Waals surface area contributed by atoms with Crippen LogP contribution in [0, 0.1) is 22.5 Å². The topological polar surface area (TPSA) is 84.3 Å². The van der Waals surface area contributed by atoms with Crippen LogP contribution in [0.4, 0.5) is 11.4 Å². The van der Waals surface area contributed by atoms with Crippen LogP contribution in [0.15, 0.2) is 18.2 Å². The Morgan fingerprint density at radius 1 is 1.40 bits per heavy atom. The lowest BCUT2D eigenvalue weighted by molar-refractivity contribution is -0.384. The Hall–Kier alpha value is -1.95. The van der Waals surface area contributed by atoms with Crippen molar-refractivity contribution >= 4 is 17.3 Å². The second-order valence-electron chi connectivity index (χ2n) is 5.52.